The van der Waals surface area contributed by atoms with Gasteiger partial charge in [-0.1, -0.05) is 44.6 Å². The molecule has 5 rings (SSSR count). The Bertz CT molecular complexity index is 1620. The molecule has 10 nitrogen and oxygen atoms in total. The van der Waals surface area contributed by atoms with E-state index in [-0.39, 0.29) is 26.7 Å². The van der Waals surface area contributed by atoms with Gasteiger partial charge in [-0.3, -0.25) is 9.59 Å². The fraction of sp³-hybridized carbons (Fsp3) is 0.441. The Labute approximate surface area is 272 Å². The number of imide groups is 1. The van der Waals surface area contributed by atoms with Crippen LogP contribution in [0.4, 0.5) is 5.82 Å². The average molecular weight is 667 g/mol. The second-order valence-corrected chi connectivity index (χ2v) is 15.9. The average Bonchev–Trinajstić information content (AvgIpc) is 3.01. The number of hydrogen-bond donors (Lipinski definition) is 0. The van der Waals surface area contributed by atoms with Gasteiger partial charge in [0.25, 0.3) is 11.8 Å². The van der Waals surface area contributed by atoms with E-state index >= 15 is 0 Å². The van der Waals surface area contributed by atoms with Gasteiger partial charge in [0.1, 0.15) is 5.82 Å². The third-order valence-electron chi connectivity index (χ3n) is 8.71. The predicted molar refractivity (Wildman–Crippen MR) is 177 cm³/mol. The number of sulfonamides is 2. The van der Waals surface area contributed by atoms with Crippen molar-refractivity contribution in [3.8, 4) is 0 Å². The molecule has 2 amide bonds. The number of nitrogens with zero attached hydrogens (tertiary/aromatic N) is 4. The van der Waals surface area contributed by atoms with E-state index in [9.17, 15) is 26.4 Å². The molecule has 246 valence electrons. The molecule has 2 fully saturated rings. The van der Waals surface area contributed by atoms with Crippen LogP contribution < -0.4 is 4.90 Å². The summed E-state index contributed by atoms with van der Waals surface area (Å²) in [5.74, 6) is -1.23. The molecule has 3 heterocycles. The summed E-state index contributed by atoms with van der Waals surface area (Å²) in [5.41, 5.74) is 0.805. The standard InChI is InChI=1S/C34H42N4O6S2/c1-27-13-12-22-35-32(27)38(33(39)28-14-18-30(19-15-28)45(41,42)36-23-8-4-2-5-9-24-36)34(40)29-16-20-31(21-17-29)46(43,44)37-25-10-6-3-7-11-26-37/h12-22H,2-11,23-26H2,1H3. The van der Waals surface area contributed by atoms with Gasteiger partial charge in [-0.05, 0) is 92.8 Å². The largest absolute Gasteiger partial charge is 0.268 e. The lowest BCUT2D eigenvalue weighted by Crippen LogP contribution is -2.38. The molecule has 12 heteroatoms. The Morgan fingerprint density at radius 3 is 1.33 bits per heavy atom. The molecule has 3 aromatic rings. The third kappa shape index (κ3) is 7.57. The molecular formula is C34H42N4O6S2. The van der Waals surface area contributed by atoms with Gasteiger partial charge < -0.3 is 0 Å². The van der Waals surface area contributed by atoms with Crippen molar-refractivity contribution in [2.24, 2.45) is 0 Å². The number of benzene rings is 2. The van der Waals surface area contributed by atoms with Gasteiger partial charge in [-0.15, -0.1) is 0 Å². The predicted octanol–water partition coefficient (Wildman–Crippen LogP) is 5.79. The van der Waals surface area contributed by atoms with Crippen LogP contribution in [-0.2, 0) is 20.0 Å². The monoisotopic (exact) mass is 666 g/mol. The Balaban J connectivity index is 1.41. The van der Waals surface area contributed by atoms with Crippen molar-refractivity contribution in [2.75, 3.05) is 31.1 Å². The smallest absolute Gasteiger partial charge is 0.266 e. The minimum atomic E-state index is -3.73. The highest BCUT2D eigenvalue weighted by molar-refractivity contribution is 7.89. The van der Waals surface area contributed by atoms with E-state index in [2.05, 4.69) is 4.98 Å². The fourth-order valence-electron chi connectivity index (χ4n) is 6.01. The first kappa shape index (κ1) is 33.9. The van der Waals surface area contributed by atoms with Gasteiger partial charge in [0.15, 0.2) is 0 Å². The molecule has 2 aromatic carbocycles. The first-order valence-electron chi connectivity index (χ1n) is 16.1. The number of anilines is 1. The van der Waals surface area contributed by atoms with Gasteiger partial charge in [0, 0.05) is 43.5 Å². The molecule has 0 radical (unpaired) electrons. The zero-order valence-electron chi connectivity index (χ0n) is 26.3. The number of aryl methyl sites for hydroxylation is 1. The lowest BCUT2D eigenvalue weighted by Gasteiger charge is -2.25. The summed E-state index contributed by atoms with van der Waals surface area (Å²) in [6.07, 6.45) is 10.9. The molecule has 0 bridgehead atoms. The topological polar surface area (TPSA) is 125 Å². The van der Waals surface area contributed by atoms with Crippen molar-refractivity contribution in [2.45, 2.75) is 80.9 Å². The lowest BCUT2D eigenvalue weighted by atomic mass is 10.1. The van der Waals surface area contributed by atoms with Crippen LogP contribution in [0.15, 0.2) is 76.7 Å². The Hall–Kier alpha value is -3.45. The summed E-state index contributed by atoms with van der Waals surface area (Å²) in [4.78, 5) is 33.4. The quantitative estimate of drug-likeness (QED) is 0.293. The van der Waals surface area contributed by atoms with E-state index < -0.39 is 31.9 Å². The van der Waals surface area contributed by atoms with E-state index in [0.717, 1.165) is 69.1 Å². The van der Waals surface area contributed by atoms with Crippen molar-refractivity contribution >= 4 is 37.7 Å². The molecule has 46 heavy (non-hydrogen) atoms. The fourth-order valence-corrected chi connectivity index (χ4v) is 9.04. The molecule has 0 atom stereocenters. The van der Waals surface area contributed by atoms with Crippen LogP contribution in [0, 0.1) is 6.92 Å². The van der Waals surface area contributed by atoms with Crippen molar-refractivity contribution in [3.63, 3.8) is 0 Å². The molecule has 0 N–H and O–H groups in total. The number of amides is 2. The summed E-state index contributed by atoms with van der Waals surface area (Å²) in [7, 11) is -7.47. The maximum Gasteiger partial charge on any atom is 0.266 e. The summed E-state index contributed by atoms with van der Waals surface area (Å²) in [5, 5.41) is 0. The number of rotatable bonds is 7. The molecule has 2 saturated heterocycles. The maximum atomic E-state index is 14.0. The van der Waals surface area contributed by atoms with E-state index in [4.69, 9.17) is 0 Å². The van der Waals surface area contributed by atoms with Gasteiger partial charge >= 0.3 is 0 Å². The van der Waals surface area contributed by atoms with Crippen molar-refractivity contribution in [1.82, 2.24) is 13.6 Å². The van der Waals surface area contributed by atoms with Crippen LogP contribution in [0.3, 0.4) is 0 Å². The highest BCUT2D eigenvalue weighted by atomic mass is 32.2. The highest BCUT2D eigenvalue weighted by Crippen LogP contribution is 2.26. The molecule has 2 aliphatic rings. The van der Waals surface area contributed by atoms with Crippen molar-refractivity contribution in [1.29, 1.82) is 0 Å². The maximum absolute atomic E-state index is 14.0. The number of carbonyl (C=O) groups is 2. The Morgan fingerprint density at radius 1 is 0.587 bits per heavy atom. The van der Waals surface area contributed by atoms with Gasteiger partial charge in [0.05, 0.1) is 9.79 Å². The molecule has 2 aliphatic heterocycles. The molecule has 0 unspecified atom stereocenters. The van der Waals surface area contributed by atoms with E-state index in [0.29, 0.717) is 31.7 Å². The molecule has 0 aliphatic carbocycles. The first-order valence-corrected chi connectivity index (χ1v) is 19.0. The minimum absolute atomic E-state index is 0.0911. The highest BCUT2D eigenvalue weighted by Gasteiger charge is 2.31. The van der Waals surface area contributed by atoms with Gasteiger partial charge in [0.2, 0.25) is 20.0 Å². The van der Waals surface area contributed by atoms with Gasteiger partial charge in [-0.25, -0.2) is 26.7 Å². The molecular weight excluding hydrogens is 625 g/mol. The second-order valence-electron chi connectivity index (χ2n) is 12.0. The van der Waals surface area contributed by atoms with Gasteiger partial charge in [-0.2, -0.15) is 8.61 Å². The van der Waals surface area contributed by atoms with Crippen LogP contribution in [-0.4, -0.2) is 68.4 Å². The van der Waals surface area contributed by atoms with Crippen molar-refractivity contribution < 1.29 is 26.4 Å². The van der Waals surface area contributed by atoms with E-state index in [1.165, 1.54) is 63.3 Å². The first-order chi connectivity index (χ1) is 22.1. The summed E-state index contributed by atoms with van der Waals surface area (Å²) < 4.78 is 56.5. The Morgan fingerprint density at radius 2 is 0.957 bits per heavy atom. The number of carbonyl (C=O) groups excluding carboxylic acids is 2. The zero-order chi connectivity index (χ0) is 32.7. The molecule has 0 spiro atoms. The number of hydrogen-bond acceptors (Lipinski definition) is 7. The third-order valence-corrected chi connectivity index (χ3v) is 12.5. The molecule has 1 aromatic heterocycles. The van der Waals surface area contributed by atoms with E-state index in [1.54, 1.807) is 19.1 Å². The number of aromatic nitrogens is 1. The summed E-state index contributed by atoms with van der Waals surface area (Å²) in [6, 6.07) is 14.7. The SMILES string of the molecule is Cc1cccnc1N(C(=O)c1ccc(S(=O)(=O)N2CCCCCCC2)cc1)C(=O)c1ccc(S(=O)(=O)N2CCCCCCC2)cc1. The second kappa shape index (κ2) is 15.0. The zero-order valence-corrected chi connectivity index (χ0v) is 27.9. The molecule has 0 saturated carbocycles. The van der Waals surface area contributed by atoms with Crippen LogP contribution >= 0.6 is 0 Å². The summed E-state index contributed by atoms with van der Waals surface area (Å²) >= 11 is 0. The van der Waals surface area contributed by atoms with Crippen LogP contribution in [0.1, 0.15) is 90.5 Å². The van der Waals surface area contributed by atoms with Crippen LogP contribution in [0.25, 0.3) is 0 Å². The normalized spacial score (nSPS) is 17.7. The van der Waals surface area contributed by atoms with Crippen molar-refractivity contribution in [3.05, 3.63) is 83.6 Å². The Kier molecular flexibility index (Phi) is 11.0. The van der Waals surface area contributed by atoms with E-state index in [1.807, 2.05) is 0 Å². The van der Waals surface area contributed by atoms with Crippen LogP contribution in [0.5, 0.6) is 0 Å². The minimum Gasteiger partial charge on any atom is -0.268 e. The lowest BCUT2D eigenvalue weighted by molar-refractivity contribution is 0.0896. The summed E-state index contributed by atoms with van der Waals surface area (Å²) in [6.45, 7) is 3.57. The van der Waals surface area contributed by atoms with Crippen LogP contribution in [0.2, 0.25) is 0 Å². The number of pyridine rings is 1.